The fourth-order valence-electron chi connectivity index (χ4n) is 0.707. The maximum absolute atomic E-state index is 10.2. The van der Waals surface area contributed by atoms with Crippen LogP contribution in [0, 0.1) is 10.8 Å². The Hall–Kier alpha value is 0.666. The molecule has 7 heteroatoms. The van der Waals surface area contributed by atoms with Crippen LogP contribution in [0.15, 0.2) is 0 Å². The van der Waals surface area contributed by atoms with Crippen LogP contribution >= 0.6 is 31.9 Å². The van der Waals surface area contributed by atoms with E-state index in [0.717, 1.165) is 0 Å². The molecule has 0 spiro atoms. The standard InChI is InChI=1S/2C6H11BrO2.Mg/c2*1-6(2,3)4(7)5(8)9;/h2*4H,1-3H3,(H,8,9);/q;;+2/p-2. The average molecular weight is 412 g/mol. The predicted octanol–water partition coefficient (Wildman–Crippen LogP) is 0.711. The van der Waals surface area contributed by atoms with Crippen LogP contribution in [0.4, 0.5) is 0 Å². The predicted molar refractivity (Wildman–Crippen MR) is 80.1 cm³/mol. The van der Waals surface area contributed by atoms with E-state index >= 15 is 0 Å². The Morgan fingerprint density at radius 2 is 0.947 bits per heavy atom. The van der Waals surface area contributed by atoms with Gasteiger partial charge in [0.2, 0.25) is 0 Å². The zero-order valence-electron chi connectivity index (χ0n) is 12.3. The Morgan fingerprint density at radius 3 is 0.947 bits per heavy atom. The van der Waals surface area contributed by atoms with Gasteiger partial charge in [-0.1, -0.05) is 73.4 Å². The number of hydrogen-bond acceptors (Lipinski definition) is 4. The zero-order chi connectivity index (χ0) is 15.3. The third-order valence-electron chi connectivity index (χ3n) is 1.93. The molecule has 0 fully saturated rings. The van der Waals surface area contributed by atoms with Crippen LogP contribution in [-0.4, -0.2) is 44.6 Å². The number of carbonyl (C=O) groups excluding carboxylic acids is 2. The van der Waals surface area contributed by atoms with Gasteiger partial charge in [-0.05, 0) is 10.8 Å². The summed E-state index contributed by atoms with van der Waals surface area (Å²) in [6.07, 6.45) is 0. The smallest absolute Gasteiger partial charge is 0.549 e. The SMILES string of the molecule is CC(C)(C)C(Br)C(=O)[O-].CC(C)(C)C(Br)C(=O)[O-].[Mg+2]. The van der Waals surface area contributed by atoms with E-state index in [4.69, 9.17) is 0 Å². The summed E-state index contributed by atoms with van der Waals surface area (Å²) in [4.78, 5) is 19.2. The van der Waals surface area contributed by atoms with E-state index in [0.29, 0.717) is 0 Å². The zero-order valence-corrected chi connectivity index (χ0v) is 16.8. The summed E-state index contributed by atoms with van der Waals surface area (Å²) in [5, 5.41) is 20.4. The first-order valence-electron chi connectivity index (χ1n) is 5.41. The third-order valence-corrected chi connectivity index (χ3v) is 5.43. The van der Waals surface area contributed by atoms with E-state index < -0.39 is 21.6 Å². The molecule has 0 aliphatic carbocycles. The van der Waals surface area contributed by atoms with Crippen LogP contribution < -0.4 is 10.2 Å². The number of hydrogen-bond donors (Lipinski definition) is 0. The van der Waals surface area contributed by atoms with Crippen molar-refractivity contribution in [3.05, 3.63) is 0 Å². The molecule has 0 aromatic carbocycles. The third kappa shape index (κ3) is 12.1. The van der Waals surface area contributed by atoms with Gasteiger partial charge in [0.15, 0.2) is 0 Å². The van der Waals surface area contributed by atoms with Crippen molar-refractivity contribution in [3.8, 4) is 0 Å². The van der Waals surface area contributed by atoms with Crippen molar-refractivity contribution in [1.29, 1.82) is 0 Å². The molecule has 0 amide bonds. The summed E-state index contributed by atoms with van der Waals surface area (Å²) in [6, 6.07) is 0. The normalized spacial score (nSPS) is 14.3. The first-order valence-corrected chi connectivity index (χ1v) is 7.24. The average Bonchev–Trinajstić information content (AvgIpc) is 2.13. The Labute approximate surface area is 148 Å². The summed E-state index contributed by atoms with van der Waals surface area (Å²) in [5.74, 6) is -2.11. The van der Waals surface area contributed by atoms with Gasteiger partial charge in [-0.3, -0.25) is 0 Å². The molecule has 0 saturated heterocycles. The molecule has 0 bridgehead atoms. The van der Waals surface area contributed by atoms with Crippen molar-refractivity contribution in [1.82, 2.24) is 0 Å². The van der Waals surface area contributed by atoms with Gasteiger partial charge in [-0.25, -0.2) is 0 Å². The minimum Gasteiger partial charge on any atom is -0.549 e. The number of carboxylic acid groups (broad SMARTS) is 2. The van der Waals surface area contributed by atoms with Gasteiger partial charge in [0, 0.05) is 0 Å². The van der Waals surface area contributed by atoms with Crippen LogP contribution in [0.2, 0.25) is 0 Å². The molecule has 0 aromatic rings. The molecule has 2 unspecified atom stereocenters. The number of aliphatic carboxylic acids is 2. The van der Waals surface area contributed by atoms with Gasteiger partial charge in [0.1, 0.15) is 0 Å². The number of carboxylic acids is 2. The van der Waals surface area contributed by atoms with E-state index in [-0.39, 0.29) is 33.9 Å². The summed E-state index contributed by atoms with van der Waals surface area (Å²) in [5.41, 5.74) is -0.530. The van der Waals surface area contributed by atoms with Crippen molar-refractivity contribution in [2.24, 2.45) is 10.8 Å². The molecule has 0 radical (unpaired) electrons. The molecule has 0 aliphatic heterocycles. The Morgan fingerprint density at radius 1 is 0.789 bits per heavy atom. The van der Waals surface area contributed by atoms with E-state index in [2.05, 4.69) is 31.9 Å². The van der Waals surface area contributed by atoms with Gasteiger partial charge >= 0.3 is 23.1 Å². The Balaban J connectivity index is -0.000000256. The summed E-state index contributed by atoms with van der Waals surface area (Å²) < 4.78 is 0. The van der Waals surface area contributed by atoms with Crippen molar-refractivity contribution in [2.75, 3.05) is 0 Å². The summed E-state index contributed by atoms with van der Waals surface area (Å²) in [7, 11) is 0. The van der Waals surface area contributed by atoms with Crippen LogP contribution in [0.1, 0.15) is 41.5 Å². The van der Waals surface area contributed by atoms with E-state index in [9.17, 15) is 19.8 Å². The summed E-state index contributed by atoms with van der Waals surface area (Å²) in [6.45, 7) is 11.0. The number of halogens is 2. The Kier molecular flexibility index (Phi) is 12.4. The fraction of sp³-hybridized carbons (Fsp3) is 0.833. The molecule has 0 aliphatic rings. The second-order valence-electron chi connectivity index (χ2n) is 6.10. The molecular formula is C12H20Br2MgO4. The van der Waals surface area contributed by atoms with Gasteiger partial charge in [-0.2, -0.15) is 0 Å². The maximum atomic E-state index is 10.2. The minimum atomic E-state index is -1.05. The number of carbonyl (C=O) groups is 2. The molecule has 0 rings (SSSR count). The molecule has 0 N–H and O–H groups in total. The topological polar surface area (TPSA) is 80.3 Å². The van der Waals surface area contributed by atoms with Crippen molar-refractivity contribution < 1.29 is 19.8 Å². The molecule has 0 aromatic heterocycles. The number of rotatable bonds is 2. The fourth-order valence-corrected chi connectivity index (χ4v) is 0.707. The monoisotopic (exact) mass is 410 g/mol. The summed E-state index contributed by atoms with van der Waals surface area (Å²) >= 11 is 6.00. The van der Waals surface area contributed by atoms with Crippen LogP contribution in [0.25, 0.3) is 0 Å². The first kappa shape index (κ1) is 24.7. The largest absolute Gasteiger partial charge is 2.00 e. The Bertz CT molecular complexity index is 265. The van der Waals surface area contributed by atoms with Gasteiger partial charge < -0.3 is 19.8 Å². The van der Waals surface area contributed by atoms with Crippen LogP contribution in [0.5, 0.6) is 0 Å². The number of alkyl halides is 2. The molecule has 0 heterocycles. The van der Waals surface area contributed by atoms with Gasteiger partial charge in [0.05, 0.1) is 21.6 Å². The van der Waals surface area contributed by atoms with Crippen LogP contribution in [0.3, 0.4) is 0 Å². The maximum Gasteiger partial charge on any atom is 2.00 e. The first-order chi connectivity index (χ1) is 7.71. The molecule has 4 nitrogen and oxygen atoms in total. The molecule has 19 heavy (non-hydrogen) atoms. The molecular weight excluding hydrogens is 392 g/mol. The van der Waals surface area contributed by atoms with E-state index in [1.54, 1.807) is 0 Å². The van der Waals surface area contributed by atoms with Crippen molar-refractivity contribution in [2.45, 2.75) is 51.2 Å². The minimum absolute atomic E-state index is 0. The molecule has 2 atom stereocenters. The van der Waals surface area contributed by atoms with Crippen molar-refractivity contribution in [3.63, 3.8) is 0 Å². The second-order valence-corrected chi connectivity index (χ2v) is 7.93. The van der Waals surface area contributed by atoms with E-state index in [1.165, 1.54) is 0 Å². The van der Waals surface area contributed by atoms with Gasteiger partial charge in [-0.15, -0.1) is 0 Å². The quantitative estimate of drug-likeness (QED) is 0.494. The van der Waals surface area contributed by atoms with Crippen LogP contribution in [-0.2, 0) is 9.59 Å². The second kappa shape index (κ2) is 9.58. The van der Waals surface area contributed by atoms with Crippen molar-refractivity contribution >= 4 is 66.9 Å². The van der Waals surface area contributed by atoms with Gasteiger partial charge in [0.25, 0.3) is 0 Å². The van der Waals surface area contributed by atoms with E-state index in [1.807, 2.05) is 41.5 Å². The molecule has 0 saturated carbocycles. The molecule has 108 valence electrons.